The minimum Gasteiger partial charge on any atom is -0.478 e. The molecule has 1 saturated heterocycles. The van der Waals surface area contributed by atoms with Crippen LogP contribution in [0, 0.1) is 0 Å². The number of hydrogen-bond donors (Lipinski definition) is 1. The minimum absolute atomic E-state index is 0.0675. The van der Waals surface area contributed by atoms with Gasteiger partial charge < -0.3 is 10.0 Å². The number of carbonyl (C=O) groups is 2. The lowest BCUT2D eigenvalue weighted by Crippen LogP contribution is -2.46. The SMILES string of the molecule is CC1(C)CN(C(=O)c2ccc(/C=C/C(=O)O)cn2)CCS1. The van der Waals surface area contributed by atoms with Gasteiger partial charge in [0.05, 0.1) is 0 Å². The Morgan fingerprint density at radius 3 is 2.76 bits per heavy atom. The van der Waals surface area contributed by atoms with Crippen molar-refractivity contribution < 1.29 is 14.7 Å². The molecule has 0 aliphatic carbocycles. The Morgan fingerprint density at radius 2 is 2.19 bits per heavy atom. The molecule has 0 unspecified atom stereocenters. The summed E-state index contributed by atoms with van der Waals surface area (Å²) in [6.45, 7) is 5.70. The van der Waals surface area contributed by atoms with Gasteiger partial charge in [0, 0.05) is 35.9 Å². The van der Waals surface area contributed by atoms with Crippen molar-refractivity contribution >= 4 is 29.7 Å². The van der Waals surface area contributed by atoms with E-state index in [1.165, 1.54) is 12.3 Å². The molecule has 1 fully saturated rings. The first-order valence-electron chi connectivity index (χ1n) is 6.68. The first kappa shape index (κ1) is 15.6. The normalized spacial score (nSPS) is 17.9. The number of pyridine rings is 1. The molecule has 1 aliphatic rings. The predicted molar refractivity (Wildman–Crippen MR) is 83.3 cm³/mol. The van der Waals surface area contributed by atoms with Crippen LogP contribution in [0.15, 0.2) is 24.4 Å². The van der Waals surface area contributed by atoms with E-state index in [1.807, 2.05) is 16.7 Å². The summed E-state index contributed by atoms with van der Waals surface area (Å²) in [4.78, 5) is 28.8. The van der Waals surface area contributed by atoms with E-state index < -0.39 is 5.97 Å². The monoisotopic (exact) mass is 306 g/mol. The van der Waals surface area contributed by atoms with Gasteiger partial charge in [0.25, 0.3) is 5.91 Å². The second-order valence-electron chi connectivity index (χ2n) is 5.48. The molecule has 0 aromatic carbocycles. The molecular weight excluding hydrogens is 288 g/mol. The predicted octanol–water partition coefficient (Wildman–Crippen LogP) is 2.15. The van der Waals surface area contributed by atoms with E-state index in [0.717, 1.165) is 18.4 Å². The Kier molecular flexibility index (Phi) is 4.67. The summed E-state index contributed by atoms with van der Waals surface area (Å²) in [6.07, 6.45) is 4.00. The highest BCUT2D eigenvalue weighted by Gasteiger charge is 2.30. The molecule has 1 amide bonds. The van der Waals surface area contributed by atoms with Crippen LogP contribution in [0.4, 0.5) is 0 Å². The summed E-state index contributed by atoms with van der Waals surface area (Å²) in [6, 6.07) is 3.34. The molecule has 0 spiro atoms. The summed E-state index contributed by atoms with van der Waals surface area (Å²) in [5, 5.41) is 8.57. The lowest BCUT2D eigenvalue weighted by molar-refractivity contribution is -0.131. The van der Waals surface area contributed by atoms with E-state index in [0.29, 0.717) is 17.8 Å². The van der Waals surface area contributed by atoms with Crippen molar-refractivity contribution in [3.63, 3.8) is 0 Å². The minimum atomic E-state index is -1.01. The summed E-state index contributed by atoms with van der Waals surface area (Å²) in [5.74, 6) is -0.154. The lowest BCUT2D eigenvalue weighted by Gasteiger charge is -2.37. The van der Waals surface area contributed by atoms with Gasteiger partial charge in [-0.2, -0.15) is 11.8 Å². The quantitative estimate of drug-likeness (QED) is 0.866. The largest absolute Gasteiger partial charge is 0.478 e. The van der Waals surface area contributed by atoms with Gasteiger partial charge in [-0.15, -0.1) is 0 Å². The Balaban J connectivity index is 2.08. The molecule has 112 valence electrons. The Bertz CT molecular complexity index is 567. The fraction of sp³-hybridized carbons (Fsp3) is 0.400. The number of carboxylic acids is 1. The summed E-state index contributed by atoms with van der Waals surface area (Å²) < 4.78 is 0.0675. The highest BCUT2D eigenvalue weighted by Crippen LogP contribution is 2.29. The van der Waals surface area contributed by atoms with Crippen molar-refractivity contribution in [1.29, 1.82) is 0 Å². The molecule has 1 aliphatic heterocycles. The Labute approximate surface area is 128 Å². The molecule has 1 N–H and O–H groups in total. The molecule has 2 rings (SSSR count). The highest BCUT2D eigenvalue weighted by molar-refractivity contribution is 8.00. The maximum atomic E-state index is 12.4. The number of aromatic nitrogens is 1. The van der Waals surface area contributed by atoms with E-state index in [-0.39, 0.29) is 10.7 Å². The van der Waals surface area contributed by atoms with Crippen molar-refractivity contribution in [2.45, 2.75) is 18.6 Å². The molecular formula is C15H18N2O3S. The van der Waals surface area contributed by atoms with E-state index in [4.69, 9.17) is 5.11 Å². The van der Waals surface area contributed by atoms with Gasteiger partial charge in [-0.25, -0.2) is 4.79 Å². The first-order valence-corrected chi connectivity index (χ1v) is 7.66. The van der Waals surface area contributed by atoms with Crippen LogP contribution in [-0.2, 0) is 4.79 Å². The fourth-order valence-corrected chi connectivity index (χ4v) is 3.26. The van der Waals surface area contributed by atoms with Crippen molar-refractivity contribution in [2.75, 3.05) is 18.8 Å². The van der Waals surface area contributed by atoms with Crippen LogP contribution in [0.2, 0.25) is 0 Å². The van der Waals surface area contributed by atoms with E-state index >= 15 is 0 Å². The van der Waals surface area contributed by atoms with Gasteiger partial charge in [-0.05, 0) is 31.6 Å². The van der Waals surface area contributed by atoms with Crippen molar-refractivity contribution in [1.82, 2.24) is 9.88 Å². The number of carboxylic acid groups (broad SMARTS) is 1. The van der Waals surface area contributed by atoms with Crippen molar-refractivity contribution in [3.05, 3.63) is 35.7 Å². The summed E-state index contributed by atoms with van der Waals surface area (Å²) in [7, 11) is 0. The van der Waals surface area contributed by atoms with Gasteiger partial charge in [0.2, 0.25) is 0 Å². The zero-order chi connectivity index (χ0) is 15.5. The van der Waals surface area contributed by atoms with Crippen LogP contribution >= 0.6 is 11.8 Å². The second-order valence-corrected chi connectivity index (χ2v) is 7.29. The topological polar surface area (TPSA) is 70.5 Å². The Hall–Kier alpha value is -1.82. The van der Waals surface area contributed by atoms with Crippen molar-refractivity contribution in [3.8, 4) is 0 Å². The standard InChI is InChI=1S/C15H18N2O3S/c1-15(2)10-17(7-8-21-15)14(20)12-5-3-11(9-16-12)4-6-13(18)19/h3-6,9H,7-8,10H2,1-2H3,(H,18,19)/b6-4+. The number of hydrogen-bond acceptors (Lipinski definition) is 4. The van der Waals surface area contributed by atoms with E-state index in [2.05, 4.69) is 18.8 Å². The highest BCUT2D eigenvalue weighted by atomic mass is 32.2. The Morgan fingerprint density at radius 1 is 1.43 bits per heavy atom. The average Bonchev–Trinajstić information content (AvgIpc) is 2.44. The molecule has 2 heterocycles. The van der Waals surface area contributed by atoms with Crippen LogP contribution in [0.25, 0.3) is 6.08 Å². The maximum absolute atomic E-state index is 12.4. The molecule has 0 bridgehead atoms. The third-order valence-electron chi connectivity index (χ3n) is 3.14. The fourth-order valence-electron chi connectivity index (χ4n) is 2.15. The number of aliphatic carboxylic acids is 1. The number of rotatable bonds is 3. The third-order valence-corrected chi connectivity index (χ3v) is 4.43. The number of thioether (sulfide) groups is 1. The molecule has 0 atom stereocenters. The zero-order valence-electron chi connectivity index (χ0n) is 12.1. The van der Waals surface area contributed by atoms with Gasteiger partial charge in [0.15, 0.2) is 0 Å². The first-order chi connectivity index (χ1) is 9.87. The second kappa shape index (κ2) is 6.30. The average molecular weight is 306 g/mol. The summed E-state index contributed by atoms with van der Waals surface area (Å²) in [5.41, 5.74) is 1.05. The van der Waals surface area contributed by atoms with Crippen LogP contribution in [0.1, 0.15) is 29.9 Å². The van der Waals surface area contributed by atoms with Gasteiger partial charge in [-0.3, -0.25) is 9.78 Å². The smallest absolute Gasteiger partial charge is 0.328 e. The number of carbonyl (C=O) groups excluding carboxylic acids is 1. The van der Waals surface area contributed by atoms with Gasteiger partial charge in [-0.1, -0.05) is 6.07 Å². The maximum Gasteiger partial charge on any atom is 0.328 e. The van der Waals surface area contributed by atoms with E-state index in [1.54, 1.807) is 12.1 Å². The molecule has 1 aromatic rings. The van der Waals surface area contributed by atoms with Crippen LogP contribution in [0.3, 0.4) is 0 Å². The van der Waals surface area contributed by atoms with Gasteiger partial charge >= 0.3 is 5.97 Å². The zero-order valence-corrected chi connectivity index (χ0v) is 12.9. The lowest BCUT2D eigenvalue weighted by atomic mass is 10.1. The van der Waals surface area contributed by atoms with Crippen LogP contribution in [0.5, 0.6) is 0 Å². The molecule has 1 aromatic heterocycles. The molecule has 21 heavy (non-hydrogen) atoms. The van der Waals surface area contributed by atoms with E-state index in [9.17, 15) is 9.59 Å². The molecule has 6 heteroatoms. The number of amides is 1. The molecule has 0 radical (unpaired) electrons. The molecule has 0 saturated carbocycles. The molecule has 5 nitrogen and oxygen atoms in total. The summed E-state index contributed by atoms with van der Waals surface area (Å²) >= 11 is 1.87. The van der Waals surface area contributed by atoms with Crippen LogP contribution in [-0.4, -0.2) is 50.5 Å². The van der Waals surface area contributed by atoms with Gasteiger partial charge in [0.1, 0.15) is 5.69 Å². The third kappa shape index (κ3) is 4.32. The number of nitrogens with zero attached hydrogens (tertiary/aromatic N) is 2. The van der Waals surface area contributed by atoms with Crippen molar-refractivity contribution in [2.24, 2.45) is 0 Å². The van der Waals surface area contributed by atoms with Crippen LogP contribution < -0.4 is 0 Å².